The average Bonchev–Trinajstić information content (AvgIpc) is 3.37. The van der Waals surface area contributed by atoms with Crippen LogP contribution in [0.1, 0.15) is 44.1 Å². The molecule has 1 aromatic heterocycles. The van der Waals surface area contributed by atoms with E-state index in [4.69, 9.17) is 5.10 Å². The Morgan fingerprint density at radius 2 is 1.34 bits per heavy atom. The van der Waals surface area contributed by atoms with Gasteiger partial charge in [-0.1, -0.05) is 72.8 Å². The number of benzene rings is 3. The molecule has 190 valence electrons. The minimum atomic E-state index is -0.212. The number of aromatic nitrogens is 2. The first-order valence-electron chi connectivity index (χ1n) is 13.8. The summed E-state index contributed by atoms with van der Waals surface area (Å²) in [5.41, 5.74) is 8.76. The number of hydrazone groups is 1. The Kier molecular flexibility index (Phi) is 5.72. The van der Waals surface area contributed by atoms with Gasteiger partial charge in [-0.3, -0.25) is 4.79 Å². The van der Waals surface area contributed by atoms with Gasteiger partial charge >= 0.3 is 0 Å². The molecule has 38 heavy (non-hydrogen) atoms. The lowest BCUT2D eigenvalue weighted by atomic mass is 9.49. The van der Waals surface area contributed by atoms with E-state index in [1.54, 1.807) is 6.21 Å². The third-order valence-corrected chi connectivity index (χ3v) is 8.92. The summed E-state index contributed by atoms with van der Waals surface area (Å²) in [6.07, 6.45) is 10.8. The van der Waals surface area contributed by atoms with Crippen LogP contribution in [0.3, 0.4) is 0 Å². The fourth-order valence-corrected chi connectivity index (χ4v) is 7.54. The van der Waals surface area contributed by atoms with Crippen molar-refractivity contribution in [3.8, 4) is 28.1 Å². The van der Waals surface area contributed by atoms with Crippen LogP contribution in [0.2, 0.25) is 0 Å². The predicted molar refractivity (Wildman–Crippen MR) is 151 cm³/mol. The third-order valence-electron chi connectivity index (χ3n) is 8.92. The molecule has 4 aliphatic rings. The molecule has 4 fully saturated rings. The first-order chi connectivity index (χ1) is 18.6. The topological polar surface area (TPSA) is 59.3 Å². The zero-order chi connectivity index (χ0) is 25.5. The van der Waals surface area contributed by atoms with Gasteiger partial charge in [-0.25, -0.2) is 10.1 Å². The number of amides is 1. The van der Waals surface area contributed by atoms with Crippen molar-refractivity contribution in [3.63, 3.8) is 0 Å². The normalized spacial score (nSPS) is 25.6. The van der Waals surface area contributed by atoms with Gasteiger partial charge in [0.1, 0.15) is 5.69 Å². The minimum absolute atomic E-state index is 0.108. The van der Waals surface area contributed by atoms with Gasteiger partial charge in [0.05, 0.1) is 17.3 Å². The van der Waals surface area contributed by atoms with Crippen molar-refractivity contribution in [2.45, 2.75) is 38.5 Å². The zero-order valence-corrected chi connectivity index (χ0v) is 21.5. The fraction of sp³-hybridized carbons (Fsp3) is 0.303. The second-order valence-electron chi connectivity index (χ2n) is 11.6. The summed E-state index contributed by atoms with van der Waals surface area (Å²) < 4.78 is 1.88. The third kappa shape index (κ3) is 4.26. The van der Waals surface area contributed by atoms with E-state index in [0.29, 0.717) is 0 Å². The largest absolute Gasteiger partial charge is 0.273 e. The molecule has 0 saturated heterocycles. The smallest absolute Gasteiger partial charge is 0.246 e. The lowest BCUT2D eigenvalue weighted by Crippen LogP contribution is -2.52. The van der Waals surface area contributed by atoms with Crippen molar-refractivity contribution in [1.29, 1.82) is 0 Å². The molecule has 4 aromatic rings. The molecule has 4 aliphatic carbocycles. The minimum Gasteiger partial charge on any atom is -0.273 e. The van der Waals surface area contributed by atoms with Gasteiger partial charge in [-0.15, -0.1) is 0 Å². The van der Waals surface area contributed by atoms with Crippen molar-refractivity contribution >= 4 is 12.1 Å². The van der Waals surface area contributed by atoms with Gasteiger partial charge in [0.15, 0.2) is 0 Å². The van der Waals surface area contributed by atoms with Gasteiger partial charge in [-0.05, 0) is 79.5 Å². The van der Waals surface area contributed by atoms with E-state index < -0.39 is 0 Å². The number of carbonyl (C=O) groups is 1. The van der Waals surface area contributed by atoms with E-state index in [-0.39, 0.29) is 11.3 Å². The molecule has 0 unspecified atom stereocenters. The van der Waals surface area contributed by atoms with Crippen molar-refractivity contribution in [1.82, 2.24) is 15.2 Å². The Morgan fingerprint density at radius 1 is 0.789 bits per heavy atom. The van der Waals surface area contributed by atoms with Crippen LogP contribution in [-0.4, -0.2) is 21.9 Å². The molecule has 5 heteroatoms. The van der Waals surface area contributed by atoms with E-state index >= 15 is 0 Å². The highest BCUT2D eigenvalue weighted by atomic mass is 16.2. The molecule has 0 spiro atoms. The number of hydrogen-bond donors (Lipinski definition) is 1. The van der Waals surface area contributed by atoms with Crippen LogP contribution in [0.15, 0.2) is 96.2 Å². The summed E-state index contributed by atoms with van der Waals surface area (Å²) >= 11 is 0. The molecule has 0 aliphatic heterocycles. The molecule has 1 N–H and O–H groups in total. The second-order valence-corrected chi connectivity index (χ2v) is 11.6. The van der Waals surface area contributed by atoms with Crippen molar-refractivity contribution in [3.05, 3.63) is 96.7 Å². The molecule has 5 nitrogen and oxygen atoms in total. The van der Waals surface area contributed by atoms with Crippen molar-refractivity contribution in [2.75, 3.05) is 0 Å². The van der Waals surface area contributed by atoms with Crippen molar-refractivity contribution < 1.29 is 4.79 Å². The summed E-state index contributed by atoms with van der Waals surface area (Å²) in [5, 5.41) is 9.40. The highest BCUT2D eigenvalue weighted by molar-refractivity contribution is 5.90. The maximum atomic E-state index is 13.4. The van der Waals surface area contributed by atoms with Crippen LogP contribution in [-0.2, 0) is 4.79 Å². The highest BCUT2D eigenvalue weighted by Crippen LogP contribution is 2.60. The Hall–Kier alpha value is -3.99. The summed E-state index contributed by atoms with van der Waals surface area (Å²) in [5.74, 6) is 2.29. The molecule has 0 atom stereocenters. The summed E-state index contributed by atoms with van der Waals surface area (Å²) in [4.78, 5) is 13.4. The van der Waals surface area contributed by atoms with Crippen molar-refractivity contribution in [2.24, 2.45) is 28.3 Å². The molecule has 4 bridgehead atoms. The van der Waals surface area contributed by atoms with Crippen LogP contribution in [0.5, 0.6) is 0 Å². The SMILES string of the molecule is O=C(N/N=C\c1cn(-c2ccccc2)nc1-c1ccc(-c2ccccc2)cc1)C12CC3CC(CC(C3)C1)C2. The molecule has 1 amide bonds. The zero-order valence-electron chi connectivity index (χ0n) is 21.5. The van der Waals surface area contributed by atoms with Crippen LogP contribution < -0.4 is 5.43 Å². The maximum absolute atomic E-state index is 13.4. The summed E-state index contributed by atoms with van der Waals surface area (Å²) in [7, 11) is 0. The van der Waals surface area contributed by atoms with E-state index in [1.165, 1.54) is 24.8 Å². The van der Waals surface area contributed by atoms with E-state index in [9.17, 15) is 4.79 Å². The Morgan fingerprint density at radius 3 is 1.97 bits per heavy atom. The lowest BCUT2D eigenvalue weighted by Gasteiger charge is -2.55. The molecular formula is C33H32N4O. The summed E-state index contributed by atoms with van der Waals surface area (Å²) in [6, 6.07) is 28.9. The average molecular weight is 501 g/mol. The molecule has 8 rings (SSSR count). The lowest BCUT2D eigenvalue weighted by molar-refractivity contribution is -0.146. The molecule has 0 radical (unpaired) electrons. The fourth-order valence-electron chi connectivity index (χ4n) is 7.54. The second kappa shape index (κ2) is 9.39. The Bertz CT molecular complexity index is 1440. The quantitative estimate of drug-likeness (QED) is 0.232. The highest BCUT2D eigenvalue weighted by Gasteiger charge is 2.54. The Balaban J connectivity index is 1.16. The molecular weight excluding hydrogens is 468 g/mol. The van der Waals surface area contributed by atoms with Gasteiger partial charge in [-0.2, -0.15) is 10.2 Å². The van der Waals surface area contributed by atoms with E-state index in [1.807, 2.05) is 47.3 Å². The molecule has 1 heterocycles. The molecule has 3 aromatic carbocycles. The maximum Gasteiger partial charge on any atom is 0.246 e. The van der Waals surface area contributed by atoms with E-state index in [0.717, 1.165) is 65.1 Å². The predicted octanol–water partition coefficient (Wildman–Crippen LogP) is 6.87. The van der Waals surface area contributed by atoms with Crippen LogP contribution in [0.25, 0.3) is 28.1 Å². The van der Waals surface area contributed by atoms with Crippen LogP contribution in [0, 0.1) is 23.2 Å². The first kappa shape index (κ1) is 23.2. The number of rotatable bonds is 6. The van der Waals surface area contributed by atoms with Crippen LogP contribution >= 0.6 is 0 Å². The Labute approximate surface area is 223 Å². The number of nitrogens with zero attached hydrogens (tertiary/aromatic N) is 3. The number of para-hydroxylation sites is 1. The molecule has 4 saturated carbocycles. The number of hydrogen-bond acceptors (Lipinski definition) is 3. The van der Waals surface area contributed by atoms with Gasteiger partial charge in [0.2, 0.25) is 5.91 Å². The van der Waals surface area contributed by atoms with E-state index in [2.05, 4.69) is 59.1 Å². The number of nitrogens with one attached hydrogen (secondary N) is 1. The summed E-state index contributed by atoms with van der Waals surface area (Å²) in [6.45, 7) is 0. The van der Waals surface area contributed by atoms with Crippen LogP contribution in [0.4, 0.5) is 0 Å². The monoisotopic (exact) mass is 500 g/mol. The van der Waals surface area contributed by atoms with Gasteiger partial charge in [0, 0.05) is 17.3 Å². The van der Waals surface area contributed by atoms with Gasteiger partial charge in [0.25, 0.3) is 0 Å². The first-order valence-corrected chi connectivity index (χ1v) is 13.8. The number of carbonyl (C=O) groups excluding carboxylic acids is 1. The standard InChI is InChI=1S/C33H32N4O/c38-32(33-18-23-15-24(19-33)17-25(16-23)20-33)35-34-21-29-22-37(30-9-5-2-6-10-30)36-31(29)28-13-11-27(12-14-28)26-7-3-1-4-8-26/h1-14,21-25H,15-20H2,(H,35,38)/b34-21-. The van der Waals surface area contributed by atoms with Gasteiger partial charge < -0.3 is 0 Å².